The summed E-state index contributed by atoms with van der Waals surface area (Å²) >= 11 is 0. The molecule has 1 fully saturated rings. The fourth-order valence-electron chi connectivity index (χ4n) is 1.36. The van der Waals surface area contributed by atoms with Crippen molar-refractivity contribution in [1.29, 1.82) is 0 Å². The zero-order chi connectivity index (χ0) is 11.1. The number of ether oxygens (including phenoxy) is 1. The molecular weight excluding hydrogens is 195 g/mol. The van der Waals surface area contributed by atoms with Gasteiger partial charge in [0, 0.05) is 12.4 Å². The monoisotopic (exact) mass is 210 g/mol. The lowest BCUT2D eigenvalue weighted by atomic mass is 9.89. The van der Waals surface area contributed by atoms with Crippen LogP contribution in [0.5, 0.6) is 0 Å². The van der Waals surface area contributed by atoms with Crippen molar-refractivity contribution in [3.63, 3.8) is 0 Å². The van der Waals surface area contributed by atoms with Gasteiger partial charge in [-0.1, -0.05) is 20.8 Å². The van der Waals surface area contributed by atoms with E-state index >= 15 is 0 Å². The zero-order valence-electron chi connectivity index (χ0n) is 9.25. The van der Waals surface area contributed by atoms with Gasteiger partial charge in [0.2, 0.25) is 5.67 Å². The van der Waals surface area contributed by atoms with Gasteiger partial charge in [0.1, 0.15) is 0 Å². The largest absolute Gasteiger partial charge is 0.374 e. The summed E-state index contributed by atoms with van der Waals surface area (Å²) in [5.41, 5.74) is -0.454. The van der Waals surface area contributed by atoms with Crippen LogP contribution in [0.1, 0.15) is 32.2 Å². The van der Waals surface area contributed by atoms with Crippen molar-refractivity contribution in [2.24, 2.45) is 0 Å². The van der Waals surface area contributed by atoms with E-state index in [4.69, 9.17) is 4.74 Å². The van der Waals surface area contributed by atoms with Crippen LogP contribution in [-0.4, -0.2) is 23.2 Å². The number of halogens is 1. The Balaban J connectivity index is 2.24. The highest BCUT2D eigenvalue weighted by atomic mass is 19.1. The molecule has 0 aliphatic carbocycles. The van der Waals surface area contributed by atoms with Crippen LogP contribution in [0.25, 0.3) is 0 Å². The second kappa shape index (κ2) is 3.23. The highest BCUT2D eigenvalue weighted by Crippen LogP contribution is 2.31. The van der Waals surface area contributed by atoms with Gasteiger partial charge in [-0.25, -0.2) is 14.4 Å². The molecule has 0 amide bonds. The van der Waals surface area contributed by atoms with Gasteiger partial charge < -0.3 is 4.74 Å². The zero-order valence-corrected chi connectivity index (χ0v) is 9.25. The van der Waals surface area contributed by atoms with Crippen molar-refractivity contribution < 1.29 is 9.13 Å². The second-order valence-electron chi connectivity index (χ2n) is 5.00. The van der Waals surface area contributed by atoms with Gasteiger partial charge in [-0.2, -0.15) is 0 Å². The Morgan fingerprint density at radius 2 is 1.80 bits per heavy atom. The third-order valence-electron chi connectivity index (χ3n) is 2.58. The van der Waals surface area contributed by atoms with Gasteiger partial charge in [-0.3, -0.25) is 0 Å². The van der Waals surface area contributed by atoms with Crippen molar-refractivity contribution >= 4 is 0 Å². The fraction of sp³-hybridized carbons (Fsp3) is 0.636. The van der Waals surface area contributed by atoms with E-state index in [0.717, 1.165) is 5.56 Å². The SMILES string of the molecule is CC(C)(C)c1cnc(C2(F)COC2)nc1. The van der Waals surface area contributed by atoms with Crippen molar-refractivity contribution in [1.82, 2.24) is 9.97 Å². The van der Waals surface area contributed by atoms with Crippen molar-refractivity contribution in [3.8, 4) is 0 Å². The summed E-state index contributed by atoms with van der Waals surface area (Å²) in [4.78, 5) is 8.15. The molecule has 0 radical (unpaired) electrons. The third kappa shape index (κ3) is 1.86. The molecule has 0 saturated carbocycles. The maximum atomic E-state index is 13.8. The van der Waals surface area contributed by atoms with Crippen LogP contribution >= 0.6 is 0 Å². The number of rotatable bonds is 1. The molecule has 0 bridgehead atoms. The minimum atomic E-state index is -1.46. The first kappa shape index (κ1) is 10.5. The molecule has 0 atom stereocenters. The lowest BCUT2D eigenvalue weighted by Crippen LogP contribution is -2.44. The van der Waals surface area contributed by atoms with E-state index in [-0.39, 0.29) is 24.5 Å². The Bertz CT molecular complexity index is 352. The summed E-state index contributed by atoms with van der Waals surface area (Å²) in [6.07, 6.45) is 3.39. The molecule has 0 N–H and O–H groups in total. The third-order valence-corrected chi connectivity index (χ3v) is 2.58. The summed E-state index contributed by atoms with van der Waals surface area (Å²) in [6, 6.07) is 0. The van der Waals surface area contributed by atoms with Crippen molar-refractivity contribution in [3.05, 3.63) is 23.8 Å². The van der Waals surface area contributed by atoms with E-state index in [1.54, 1.807) is 12.4 Å². The summed E-state index contributed by atoms with van der Waals surface area (Å²) < 4.78 is 18.7. The van der Waals surface area contributed by atoms with Gasteiger partial charge in [0.05, 0.1) is 13.2 Å². The van der Waals surface area contributed by atoms with Crippen molar-refractivity contribution in [2.45, 2.75) is 31.9 Å². The number of nitrogens with zero attached hydrogens (tertiary/aromatic N) is 2. The number of hydrogen-bond donors (Lipinski definition) is 0. The van der Waals surface area contributed by atoms with Gasteiger partial charge in [-0.15, -0.1) is 0 Å². The fourth-order valence-corrected chi connectivity index (χ4v) is 1.36. The smallest absolute Gasteiger partial charge is 0.215 e. The minimum absolute atomic E-state index is 0.00187. The molecule has 1 saturated heterocycles. The molecule has 0 aromatic carbocycles. The molecule has 15 heavy (non-hydrogen) atoms. The quantitative estimate of drug-likeness (QED) is 0.710. The highest BCUT2D eigenvalue weighted by molar-refractivity contribution is 5.18. The highest BCUT2D eigenvalue weighted by Gasteiger charge is 2.43. The van der Waals surface area contributed by atoms with Crippen LogP contribution < -0.4 is 0 Å². The molecular formula is C11H15FN2O. The predicted molar refractivity (Wildman–Crippen MR) is 54.3 cm³/mol. The molecule has 0 spiro atoms. The minimum Gasteiger partial charge on any atom is -0.374 e. The van der Waals surface area contributed by atoms with Crippen molar-refractivity contribution in [2.75, 3.05) is 13.2 Å². The van der Waals surface area contributed by atoms with E-state index in [1.165, 1.54) is 0 Å². The van der Waals surface area contributed by atoms with Crippen LogP contribution in [0.15, 0.2) is 12.4 Å². The first-order valence-electron chi connectivity index (χ1n) is 5.01. The second-order valence-corrected chi connectivity index (χ2v) is 5.00. The van der Waals surface area contributed by atoms with Gasteiger partial charge in [0.25, 0.3) is 0 Å². The Morgan fingerprint density at radius 3 is 2.13 bits per heavy atom. The predicted octanol–water partition coefficient (Wildman–Crippen LogP) is 1.97. The Morgan fingerprint density at radius 1 is 1.27 bits per heavy atom. The Hall–Kier alpha value is -1.03. The van der Waals surface area contributed by atoms with Crippen LogP contribution in [0, 0.1) is 0 Å². The number of hydrogen-bond acceptors (Lipinski definition) is 3. The molecule has 4 heteroatoms. The van der Waals surface area contributed by atoms with Gasteiger partial charge in [0.15, 0.2) is 5.82 Å². The number of alkyl halides is 1. The summed E-state index contributed by atoms with van der Waals surface area (Å²) in [7, 11) is 0. The summed E-state index contributed by atoms with van der Waals surface area (Å²) in [5.74, 6) is 0.238. The molecule has 3 nitrogen and oxygen atoms in total. The van der Waals surface area contributed by atoms with E-state index in [9.17, 15) is 4.39 Å². The Kier molecular flexibility index (Phi) is 2.26. The van der Waals surface area contributed by atoms with Gasteiger partial charge in [-0.05, 0) is 11.0 Å². The summed E-state index contributed by atoms with van der Waals surface area (Å²) in [6.45, 7) is 6.36. The maximum Gasteiger partial charge on any atom is 0.215 e. The van der Waals surface area contributed by atoms with E-state index < -0.39 is 5.67 Å². The summed E-state index contributed by atoms with van der Waals surface area (Å²) in [5, 5.41) is 0. The molecule has 82 valence electrons. The van der Waals surface area contributed by atoms with Crippen LogP contribution in [0.4, 0.5) is 4.39 Å². The topological polar surface area (TPSA) is 35.0 Å². The molecule has 1 aliphatic rings. The molecule has 0 unspecified atom stereocenters. The number of aromatic nitrogens is 2. The molecule has 2 heterocycles. The first-order chi connectivity index (χ1) is 6.92. The lowest BCUT2D eigenvalue weighted by Gasteiger charge is -2.32. The maximum absolute atomic E-state index is 13.8. The van der Waals surface area contributed by atoms with Crippen LogP contribution in [0.2, 0.25) is 0 Å². The molecule has 1 aromatic heterocycles. The van der Waals surface area contributed by atoms with Crippen LogP contribution in [-0.2, 0) is 15.8 Å². The lowest BCUT2D eigenvalue weighted by molar-refractivity contribution is -0.140. The van der Waals surface area contributed by atoms with E-state index in [0.29, 0.717) is 0 Å². The molecule has 1 aromatic rings. The molecule has 2 rings (SSSR count). The van der Waals surface area contributed by atoms with E-state index in [1.807, 2.05) is 0 Å². The first-order valence-corrected chi connectivity index (χ1v) is 5.01. The van der Waals surface area contributed by atoms with Crippen LogP contribution in [0.3, 0.4) is 0 Å². The average Bonchev–Trinajstić information content (AvgIpc) is 2.13. The van der Waals surface area contributed by atoms with Gasteiger partial charge >= 0.3 is 0 Å². The average molecular weight is 210 g/mol. The standard InChI is InChI=1S/C11H15FN2O/c1-10(2,3)8-4-13-9(14-5-8)11(12)6-15-7-11/h4-5H,6-7H2,1-3H3. The normalized spacial score (nSPS) is 19.7. The Labute approximate surface area is 88.7 Å². The van der Waals surface area contributed by atoms with E-state index in [2.05, 4.69) is 30.7 Å². The molecule has 1 aliphatic heterocycles.